The molecule has 2 N–H and O–H groups in total. The SMILES string of the molecule is COc1c(C)cc(N2CC(N)CC2=O)c(C)c1C. The van der Waals surface area contributed by atoms with Gasteiger partial charge in [-0.15, -0.1) is 0 Å². The molecule has 0 radical (unpaired) electrons. The molecule has 0 saturated carbocycles. The van der Waals surface area contributed by atoms with Crippen LogP contribution in [0.5, 0.6) is 5.75 Å². The second-order valence-electron chi connectivity index (χ2n) is 4.96. The van der Waals surface area contributed by atoms with Crippen LogP contribution in [-0.4, -0.2) is 25.6 Å². The van der Waals surface area contributed by atoms with Crippen molar-refractivity contribution in [3.63, 3.8) is 0 Å². The van der Waals surface area contributed by atoms with Crippen LogP contribution in [0.4, 0.5) is 5.69 Å². The van der Waals surface area contributed by atoms with Gasteiger partial charge >= 0.3 is 0 Å². The molecule has 1 aliphatic rings. The van der Waals surface area contributed by atoms with Crippen molar-refractivity contribution in [1.29, 1.82) is 0 Å². The van der Waals surface area contributed by atoms with E-state index in [1.807, 2.05) is 26.8 Å². The maximum Gasteiger partial charge on any atom is 0.228 e. The van der Waals surface area contributed by atoms with Gasteiger partial charge in [0.2, 0.25) is 5.91 Å². The summed E-state index contributed by atoms with van der Waals surface area (Å²) >= 11 is 0. The summed E-state index contributed by atoms with van der Waals surface area (Å²) in [4.78, 5) is 13.7. The number of hydrogen-bond acceptors (Lipinski definition) is 3. The maximum atomic E-state index is 11.9. The summed E-state index contributed by atoms with van der Waals surface area (Å²) in [5.41, 5.74) is 10.0. The van der Waals surface area contributed by atoms with Crippen LogP contribution in [0.1, 0.15) is 23.1 Å². The lowest BCUT2D eigenvalue weighted by Gasteiger charge is -2.22. The van der Waals surface area contributed by atoms with Gasteiger partial charge in [-0.3, -0.25) is 4.79 Å². The van der Waals surface area contributed by atoms with Gasteiger partial charge in [0, 0.05) is 24.7 Å². The number of anilines is 1. The summed E-state index contributed by atoms with van der Waals surface area (Å²) in [5, 5.41) is 0. The number of nitrogens with zero attached hydrogens (tertiary/aromatic N) is 1. The Kier molecular flexibility index (Phi) is 3.30. The Labute approximate surface area is 108 Å². The molecule has 1 fully saturated rings. The number of hydrogen-bond donors (Lipinski definition) is 1. The van der Waals surface area contributed by atoms with Gasteiger partial charge in [0.15, 0.2) is 0 Å². The maximum absolute atomic E-state index is 11.9. The molecular weight excluding hydrogens is 228 g/mol. The van der Waals surface area contributed by atoms with Crippen molar-refractivity contribution in [2.24, 2.45) is 5.73 Å². The van der Waals surface area contributed by atoms with Crippen LogP contribution in [0.3, 0.4) is 0 Å². The molecule has 18 heavy (non-hydrogen) atoms. The fraction of sp³-hybridized carbons (Fsp3) is 0.500. The predicted octanol–water partition coefficient (Wildman–Crippen LogP) is 1.68. The number of ether oxygens (including phenoxy) is 1. The van der Waals surface area contributed by atoms with Crippen LogP contribution in [-0.2, 0) is 4.79 Å². The number of benzene rings is 1. The zero-order valence-corrected chi connectivity index (χ0v) is 11.4. The Hall–Kier alpha value is -1.55. The number of methoxy groups -OCH3 is 1. The van der Waals surface area contributed by atoms with Crippen molar-refractivity contribution in [3.05, 3.63) is 22.8 Å². The van der Waals surface area contributed by atoms with Crippen LogP contribution >= 0.6 is 0 Å². The lowest BCUT2D eigenvalue weighted by molar-refractivity contribution is -0.117. The lowest BCUT2D eigenvalue weighted by Crippen LogP contribution is -2.28. The molecule has 98 valence electrons. The van der Waals surface area contributed by atoms with Crippen molar-refractivity contribution in [3.8, 4) is 5.75 Å². The van der Waals surface area contributed by atoms with Gasteiger partial charge in [0.05, 0.1) is 7.11 Å². The minimum absolute atomic E-state index is 0.0559. The normalized spacial score (nSPS) is 19.5. The van der Waals surface area contributed by atoms with Crippen molar-refractivity contribution < 1.29 is 9.53 Å². The molecule has 0 aromatic heterocycles. The first-order valence-electron chi connectivity index (χ1n) is 6.16. The molecule has 1 amide bonds. The highest BCUT2D eigenvalue weighted by atomic mass is 16.5. The highest BCUT2D eigenvalue weighted by molar-refractivity contribution is 5.97. The van der Waals surface area contributed by atoms with Crippen molar-refractivity contribution in [1.82, 2.24) is 0 Å². The van der Waals surface area contributed by atoms with E-state index < -0.39 is 0 Å². The molecule has 0 aliphatic carbocycles. The third-order valence-electron chi connectivity index (χ3n) is 3.65. The highest BCUT2D eigenvalue weighted by Crippen LogP contribution is 2.34. The van der Waals surface area contributed by atoms with Gasteiger partial charge in [-0.05, 0) is 43.5 Å². The molecule has 0 bridgehead atoms. The monoisotopic (exact) mass is 248 g/mol. The summed E-state index contributed by atoms with van der Waals surface area (Å²) in [6, 6.07) is 1.96. The first-order valence-corrected chi connectivity index (χ1v) is 6.16. The van der Waals surface area contributed by atoms with E-state index in [0.717, 1.165) is 28.1 Å². The van der Waals surface area contributed by atoms with E-state index in [9.17, 15) is 4.79 Å². The van der Waals surface area contributed by atoms with E-state index in [0.29, 0.717) is 13.0 Å². The zero-order chi connectivity index (χ0) is 13.4. The molecule has 4 heteroatoms. The average molecular weight is 248 g/mol. The van der Waals surface area contributed by atoms with Crippen LogP contribution in [0, 0.1) is 20.8 Å². The van der Waals surface area contributed by atoms with E-state index in [-0.39, 0.29) is 11.9 Å². The number of carbonyl (C=O) groups is 1. The van der Waals surface area contributed by atoms with E-state index >= 15 is 0 Å². The molecule has 1 aromatic carbocycles. The topological polar surface area (TPSA) is 55.6 Å². The molecule has 1 aliphatic heterocycles. The van der Waals surface area contributed by atoms with Crippen LogP contribution in [0.15, 0.2) is 6.07 Å². The van der Waals surface area contributed by atoms with Crippen LogP contribution < -0.4 is 15.4 Å². The molecular formula is C14H20N2O2. The summed E-state index contributed by atoms with van der Waals surface area (Å²) in [6.07, 6.45) is 0.434. The largest absolute Gasteiger partial charge is 0.496 e. The summed E-state index contributed by atoms with van der Waals surface area (Å²) < 4.78 is 5.39. The Bertz CT molecular complexity index is 497. The molecule has 1 aromatic rings. The van der Waals surface area contributed by atoms with E-state index in [2.05, 4.69) is 0 Å². The minimum atomic E-state index is -0.0559. The van der Waals surface area contributed by atoms with Crippen molar-refractivity contribution in [2.75, 3.05) is 18.6 Å². The third kappa shape index (κ3) is 1.97. The molecule has 1 atom stereocenters. The van der Waals surface area contributed by atoms with Gasteiger partial charge in [-0.1, -0.05) is 0 Å². The smallest absolute Gasteiger partial charge is 0.228 e. The fourth-order valence-electron chi connectivity index (χ4n) is 2.60. The summed E-state index contributed by atoms with van der Waals surface area (Å²) in [6.45, 7) is 6.63. The molecule has 1 unspecified atom stereocenters. The van der Waals surface area contributed by atoms with Crippen molar-refractivity contribution >= 4 is 11.6 Å². The van der Waals surface area contributed by atoms with Crippen LogP contribution in [0.25, 0.3) is 0 Å². The Balaban J connectivity index is 2.50. The van der Waals surface area contributed by atoms with Crippen LogP contribution in [0.2, 0.25) is 0 Å². The number of amides is 1. The second-order valence-corrected chi connectivity index (χ2v) is 4.96. The van der Waals surface area contributed by atoms with Gasteiger partial charge in [0.25, 0.3) is 0 Å². The van der Waals surface area contributed by atoms with E-state index in [1.165, 1.54) is 0 Å². The molecule has 4 nitrogen and oxygen atoms in total. The molecule has 2 rings (SSSR count). The molecule has 1 saturated heterocycles. The fourth-order valence-corrected chi connectivity index (χ4v) is 2.60. The number of aryl methyl sites for hydroxylation is 1. The number of nitrogens with two attached hydrogens (primary N) is 1. The zero-order valence-electron chi connectivity index (χ0n) is 11.4. The van der Waals surface area contributed by atoms with E-state index in [1.54, 1.807) is 12.0 Å². The third-order valence-corrected chi connectivity index (χ3v) is 3.65. The summed E-state index contributed by atoms with van der Waals surface area (Å²) in [7, 11) is 1.67. The van der Waals surface area contributed by atoms with Gasteiger partial charge < -0.3 is 15.4 Å². The highest BCUT2D eigenvalue weighted by Gasteiger charge is 2.29. The Morgan fingerprint density at radius 2 is 2.00 bits per heavy atom. The lowest BCUT2D eigenvalue weighted by atomic mass is 10.0. The molecule has 1 heterocycles. The Morgan fingerprint density at radius 1 is 1.33 bits per heavy atom. The first kappa shape index (κ1) is 12.9. The number of rotatable bonds is 2. The predicted molar refractivity (Wildman–Crippen MR) is 72.2 cm³/mol. The van der Waals surface area contributed by atoms with Gasteiger partial charge in [-0.2, -0.15) is 0 Å². The second kappa shape index (κ2) is 4.61. The standard InChI is InChI=1S/C14H20N2O2/c1-8-5-12(9(2)10(3)14(8)18-4)16-7-11(15)6-13(16)17/h5,11H,6-7,15H2,1-4H3. The summed E-state index contributed by atoms with van der Waals surface area (Å²) in [5.74, 6) is 1.00. The Morgan fingerprint density at radius 3 is 2.50 bits per heavy atom. The average Bonchev–Trinajstić information content (AvgIpc) is 2.64. The first-order chi connectivity index (χ1) is 8.45. The minimum Gasteiger partial charge on any atom is -0.496 e. The van der Waals surface area contributed by atoms with Gasteiger partial charge in [0.1, 0.15) is 5.75 Å². The molecule has 0 spiro atoms. The van der Waals surface area contributed by atoms with Gasteiger partial charge in [-0.25, -0.2) is 0 Å². The number of carbonyl (C=O) groups excluding carboxylic acids is 1. The van der Waals surface area contributed by atoms with E-state index in [4.69, 9.17) is 10.5 Å². The quantitative estimate of drug-likeness (QED) is 0.866. The van der Waals surface area contributed by atoms with Crippen molar-refractivity contribution in [2.45, 2.75) is 33.2 Å².